The number of carbonyl (C=O) groups excluding carboxylic acids is 1. The summed E-state index contributed by atoms with van der Waals surface area (Å²) >= 11 is 5.71. The second-order valence-electron chi connectivity index (χ2n) is 4.28. The molecule has 2 heterocycles. The molecule has 0 unspecified atom stereocenters. The van der Waals surface area contributed by atoms with Crippen LogP contribution < -0.4 is 4.90 Å². The van der Waals surface area contributed by atoms with Gasteiger partial charge in [0.2, 0.25) is 0 Å². The molecule has 1 aliphatic rings. The Bertz CT molecular complexity index is 418. The van der Waals surface area contributed by atoms with Gasteiger partial charge >= 0.3 is 5.97 Å². The number of nitrogens with zero attached hydrogens (tertiary/aromatic N) is 4. The van der Waals surface area contributed by atoms with Gasteiger partial charge in [-0.3, -0.25) is 9.69 Å². The van der Waals surface area contributed by atoms with E-state index in [4.69, 9.17) is 16.3 Å². The van der Waals surface area contributed by atoms with Crippen molar-refractivity contribution in [2.24, 2.45) is 0 Å². The fourth-order valence-electron chi connectivity index (χ4n) is 2.00. The van der Waals surface area contributed by atoms with Crippen molar-refractivity contribution in [1.82, 2.24) is 15.1 Å². The number of hydrogen-bond donors (Lipinski definition) is 0. The van der Waals surface area contributed by atoms with Gasteiger partial charge in [-0.05, 0) is 19.1 Å². The summed E-state index contributed by atoms with van der Waals surface area (Å²) in [5.74, 6) is 0.655. The van der Waals surface area contributed by atoms with Crippen LogP contribution in [0.2, 0.25) is 5.15 Å². The molecule has 0 spiro atoms. The number of halogens is 1. The minimum absolute atomic E-state index is 0.165. The number of carbonyl (C=O) groups is 1. The van der Waals surface area contributed by atoms with E-state index in [0.717, 1.165) is 32.0 Å². The summed E-state index contributed by atoms with van der Waals surface area (Å²) < 4.78 is 4.94. The average Bonchev–Trinajstić information content (AvgIpc) is 2.41. The second kappa shape index (κ2) is 6.68. The van der Waals surface area contributed by atoms with Crippen LogP contribution in [0, 0.1) is 0 Å². The van der Waals surface area contributed by atoms with E-state index in [9.17, 15) is 4.79 Å². The largest absolute Gasteiger partial charge is 0.465 e. The van der Waals surface area contributed by atoms with Gasteiger partial charge in [0.15, 0.2) is 11.0 Å². The van der Waals surface area contributed by atoms with Crippen LogP contribution in [0.15, 0.2) is 12.1 Å². The first-order chi connectivity index (χ1) is 9.19. The fraction of sp³-hybridized carbons (Fsp3) is 0.583. The summed E-state index contributed by atoms with van der Waals surface area (Å²) in [6.45, 7) is 5.85. The SMILES string of the molecule is CCOC(=O)CN1CCN(c2ccc(Cl)nn2)CC1. The summed E-state index contributed by atoms with van der Waals surface area (Å²) in [4.78, 5) is 15.6. The minimum atomic E-state index is -0.165. The van der Waals surface area contributed by atoms with Crippen LogP contribution >= 0.6 is 11.6 Å². The summed E-state index contributed by atoms with van der Waals surface area (Å²) in [6, 6.07) is 3.59. The van der Waals surface area contributed by atoms with E-state index >= 15 is 0 Å². The average molecular weight is 285 g/mol. The number of ether oxygens (including phenoxy) is 1. The van der Waals surface area contributed by atoms with Crippen molar-refractivity contribution in [2.75, 3.05) is 44.2 Å². The molecular weight excluding hydrogens is 268 g/mol. The minimum Gasteiger partial charge on any atom is -0.465 e. The zero-order chi connectivity index (χ0) is 13.7. The molecule has 1 aromatic rings. The molecule has 0 aromatic carbocycles. The van der Waals surface area contributed by atoms with Gasteiger partial charge in [0.25, 0.3) is 0 Å². The molecule has 104 valence electrons. The van der Waals surface area contributed by atoms with Crippen molar-refractivity contribution in [2.45, 2.75) is 6.92 Å². The number of rotatable bonds is 4. The highest BCUT2D eigenvalue weighted by Gasteiger charge is 2.20. The zero-order valence-corrected chi connectivity index (χ0v) is 11.6. The van der Waals surface area contributed by atoms with E-state index in [1.807, 2.05) is 13.0 Å². The van der Waals surface area contributed by atoms with Gasteiger partial charge in [0.05, 0.1) is 13.2 Å². The normalized spacial score (nSPS) is 16.4. The van der Waals surface area contributed by atoms with Gasteiger partial charge in [-0.25, -0.2) is 0 Å². The van der Waals surface area contributed by atoms with Crippen LogP contribution in [0.4, 0.5) is 5.82 Å². The van der Waals surface area contributed by atoms with Crippen molar-refractivity contribution in [1.29, 1.82) is 0 Å². The van der Waals surface area contributed by atoms with Gasteiger partial charge in [-0.2, -0.15) is 0 Å². The zero-order valence-electron chi connectivity index (χ0n) is 10.9. The molecule has 6 nitrogen and oxygen atoms in total. The van der Waals surface area contributed by atoms with Crippen molar-refractivity contribution in [3.8, 4) is 0 Å². The molecule has 2 rings (SSSR count). The lowest BCUT2D eigenvalue weighted by Crippen LogP contribution is -2.48. The molecule has 0 amide bonds. The van der Waals surface area contributed by atoms with E-state index in [-0.39, 0.29) is 5.97 Å². The number of aromatic nitrogens is 2. The number of anilines is 1. The van der Waals surface area contributed by atoms with Crippen LogP contribution in [0.1, 0.15) is 6.92 Å². The molecule has 0 aliphatic carbocycles. The number of hydrogen-bond acceptors (Lipinski definition) is 6. The Balaban J connectivity index is 1.82. The van der Waals surface area contributed by atoms with Gasteiger partial charge < -0.3 is 9.64 Å². The molecule has 1 aliphatic heterocycles. The van der Waals surface area contributed by atoms with Gasteiger partial charge in [0, 0.05) is 26.2 Å². The topological polar surface area (TPSA) is 58.6 Å². The number of esters is 1. The van der Waals surface area contributed by atoms with E-state index in [0.29, 0.717) is 18.3 Å². The third kappa shape index (κ3) is 4.04. The molecule has 0 bridgehead atoms. The summed E-state index contributed by atoms with van der Waals surface area (Å²) in [5, 5.41) is 8.28. The molecule has 19 heavy (non-hydrogen) atoms. The van der Waals surface area contributed by atoms with Gasteiger partial charge in [-0.15, -0.1) is 10.2 Å². The predicted octanol–water partition coefficient (Wildman–Crippen LogP) is 0.815. The Labute approximate surface area is 117 Å². The van der Waals surface area contributed by atoms with Crippen LogP contribution in [-0.4, -0.2) is 60.4 Å². The monoisotopic (exact) mass is 284 g/mol. The van der Waals surface area contributed by atoms with Crippen LogP contribution in [0.5, 0.6) is 0 Å². The Morgan fingerprint density at radius 2 is 2.05 bits per heavy atom. The van der Waals surface area contributed by atoms with E-state index < -0.39 is 0 Å². The van der Waals surface area contributed by atoms with Crippen LogP contribution in [-0.2, 0) is 9.53 Å². The Hall–Kier alpha value is -1.40. The molecule has 0 atom stereocenters. The third-order valence-electron chi connectivity index (χ3n) is 2.97. The lowest BCUT2D eigenvalue weighted by Gasteiger charge is -2.34. The molecular formula is C12H17ClN4O2. The smallest absolute Gasteiger partial charge is 0.320 e. The molecule has 1 saturated heterocycles. The first-order valence-electron chi connectivity index (χ1n) is 6.31. The third-order valence-corrected chi connectivity index (χ3v) is 3.17. The van der Waals surface area contributed by atoms with Crippen molar-refractivity contribution < 1.29 is 9.53 Å². The van der Waals surface area contributed by atoms with Crippen LogP contribution in [0.25, 0.3) is 0 Å². The first kappa shape index (κ1) is 14.0. The maximum atomic E-state index is 11.4. The highest BCUT2D eigenvalue weighted by Crippen LogP contribution is 2.14. The maximum Gasteiger partial charge on any atom is 0.320 e. The lowest BCUT2D eigenvalue weighted by molar-refractivity contribution is -0.144. The predicted molar refractivity (Wildman–Crippen MR) is 72.3 cm³/mol. The van der Waals surface area contributed by atoms with E-state index in [1.165, 1.54) is 0 Å². The van der Waals surface area contributed by atoms with Gasteiger partial charge in [0.1, 0.15) is 0 Å². The van der Waals surface area contributed by atoms with Crippen molar-refractivity contribution >= 4 is 23.4 Å². The Morgan fingerprint density at radius 1 is 1.32 bits per heavy atom. The molecule has 1 fully saturated rings. The Morgan fingerprint density at radius 3 is 2.63 bits per heavy atom. The molecule has 0 saturated carbocycles. The molecule has 7 heteroatoms. The quantitative estimate of drug-likeness (QED) is 0.763. The summed E-state index contributed by atoms with van der Waals surface area (Å²) in [6.07, 6.45) is 0. The molecule has 0 N–H and O–H groups in total. The molecule has 1 aromatic heterocycles. The van der Waals surface area contributed by atoms with Crippen molar-refractivity contribution in [3.05, 3.63) is 17.3 Å². The second-order valence-corrected chi connectivity index (χ2v) is 4.67. The number of piperazine rings is 1. The maximum absolute atomic E-state index is 11.4. The van der Waals surface area contributed by atoms with Crippen LogP contribution in [0.3, 0.4) is 0 Å². The highest BCUT2D eigenvalue weighted by atomic mass is 35.5. The van der Waals surface area contributed by atoms with E-state index in [1.54, 1.807) is 6.07 Å². The summed E-state index contributed by atoms with van der Waals surface area (Å²) in [5.41, 5.74) is 0. The van der Waals surface area contributed by atoms with Crippen molar-refractivity contribution in [3.63, 3.8) is 0 Å². The van der Waals surface area contributed by atoms with E-state index in [2.05, 4.69) is 20.0 Å². The Kier molecular flexibility index (Phi) is 4.93. The molecule has 0 radical (unpaired) electrons. The standard InChI is InChI=1S/C12H17ClN4O2/c1-2-19-12(18)9-16-5-7-17(8-6-16)11-4-3-10(13)14-15-11/h3-4H,2,5-9H2,1H3. The lowest BCUT2D eigenvalue weighted by atomic mass is 10.3. The summed E-state index contributed by atoms with van der Waals surface area (Å²) in [7, 11) is 0. The highest BCUT2D eigenvalue weighted by molar-refractivity contribution is 6.29. The first-order valence-corrected chi connectivity index (χ1v) is 6.69. The fourth-order valence-corrected chi connectivity index (χ4v) is 2.10. The van der Waals surface area contributed by atoms with Gasteiger partial charge in [-0.1, -0.05) is 11.6 Å².